The number of likely N-dealkylation sites (tertiary alicyclic amines) is 1. The Kier molecular flexibility index (Phi) is 8.95. The second kappa shape index (κ2) is 13.0. The molecule has 2 aliphatic carbocycles. The van der Waals surface area contributed by atoms with Crippen LogP contribution in [0.3, 0.4) is 0 Å². The molecule has 3 fully saturated rings. The van der Waals surface area contributed by atoms with Crippen molar-refractivity contribution >= 4 is 38.3 Å². The monoisotopic (exact) mass is 693 g/mol. The molecule has 0 spiro atoms. The van der Waals surface area contributed by atoms with Crippen LogP contribution in [0.5, 0.6) is 5.75 Å². The second-order valence-electron chi connectivity index (χ2n) is 13.4. The van der Waals surface area contributed by atoms with Crippen molar-refractivity contribution in [3.05, 3.63) is 95.5 Å². The maximum absolute atomic E-state index is 16.6. The molecule has 3 N–H and O–H groups in total. The van der Waals surface area contributed by atoms with E-state index in [9.17, 15) is 13.2 Å². The maximum atomic E-state index is 16.6. The lowest BCUT2D eigenvalue weighted by atomic mass is 9.91. The number of nitrogens with zero attached hydrogens (tertiary/aromatic N) is 1. The molecule has 7 rings (SSSR count). The minimum absolute atomic E-state index is 0.0136. The summed E-state index contributed by atoms with van der Waals surface area (Å²) >= 11 is 6.00. The van der Waals surface area contributed by atoms with Gasteiger partial charge in [-0.1, -0.05) is 60.1 Å². The highest BCUT2D eigenvalue weighted by Gasteiger charge is 2.52. The zero-order chi connectivity index (χ0) is 33.6. The van der Waals surface area contributed by atoms with E-state index in [1.54, 1.807) is 42.5 Å². The van der Waals surface area contributed by atoms with Crippen molar-refractivity contribution in [2.45, 2.75) is 67.5 Å². The largest absolute Gasteiger partial charge is 0.490 e. The molecule has 7 nitrogen and oxygen atoms in total. The van der Waals surface area contributed by atoms with E-state index in [0.717, 1.165) is 49.5 Å². The molecule has 2 saturated carbocycles. The SMILES string of the molecule is N[C@@H]1[C@@H]2CC[C@H]1CN(C(=O)[C@H](NS(=O)(=O)c1ccc3cc(OC4CCCC4)ccc3c1)C(F)(F)c1ccc(-c3ccc(Cl)cc3)cc1)C2. The summed E-state index contributed by atoms with van der Waals surface area (Å²) in [5.41, 5.74) is 7.29. The number of fused-ring (bicyclic) bond motifs is 3. The lowest BCUT2D eigenvalue weighted by molar-refractivity contribution is -0.146. The van der Waals surface area contributed by atoms with Gasteiger partial charge in [-0.3, -0.25) is 4.79 Å². The molecule has 2 bridgehead atoms. The van der Waals surface area contributed by atoms with Crippen molar-refractivity contribution in [3.8, 4) is 16.9 Å². The summed E-state index contributed by atoms with van der Waals surface area (Å²) < 4.78 is 69.1. The number of halogens is 3. The van der Waals surface area contributed by atoms with E-state index in [-0.39, 0.29) is 42.0 Å². The molecule has 0 aromatic heterocycles. The van der Waals surface area contributed by atoms with Gasteiger partial charge in [-0.2, -0.15) is 13.5 Å². The normalized spacial score (nSPS) is 22.2. The summed E-state index contributed by atoms with van der Waals surface area (Å²) in [6.45, 7) is 0.420. The van der Waals surface area contributed by atoms with Crippen LogP contribution in [0.25, 0.3) is 21.9 Å². The van der Waals surface area contributed by atoms with Crippen molar-refractivity contribution < 1.29 is 26.7 Å². The van der Waals surface area contributed by atoms with Crippen LogP contribution in [-0.4, -0.2) is 50.5 Å². The summed E-state index contributed by atoms with van der Waals surface area (Å²) in [4.78, 5) is 15.2. The highest BCUT2D eigenvalue weighted by atomic mass is 35.5. The molecule has 1 heterocycles. The molecule has 3 aliphatic rings. The van der Waals surface area contributed by atoms with Crippen molar-refractivity contribution in [1.82, 2.24) is 9.62 Å². The molecule has 0 radical (unpaired) electrons. The van der Waals surface area contributed by atoms with Crippen LogP contribution in [0.1, 0.15) is 44.1 Å². The zero-order valence-corrected chi connectivity index (χ0v) is 27.9. The Morgan fingerprint density at radius 3 is 2.08 bits per heavy atom. The fourth-order valence-electron chi connectivity index (χ4n) is 7.46. The topological polar surface area (TPSA) is 102 Å². The number of carbonyl (C=O) groups is 1. The van der Waals surface area contributed by atoms with E-state index in [1.807, 2.05) is 6.07 Å². The van der Waals surface area contributed by atoms with Gasteiger partial charge in [0.25, 0.3) is 5.92 Å². The number of benzene rings is 4. The predicted molar refractivity (Wildman–Crippen MR) is 182 cm³/mol. The van der Waals surface area contributed by atoms with Crippen LogP contribution >= 0.6 is 11.6 Å². The van der Waals surface area contributed by atoms with Crippen LogP contribution < -0.4 is 15.2 Å². The van der Waals surface area contributed by atoms with Crippen molar-refractivity contribution in [2.75, 3.05) is 13.1 Å². The highest BCUT2D eigenvalue weighted by molar-refractivity contribution is 7.89. The van der Waals surface area contributed by atoms with E-state index in [0.29, 0.717) is 21.7 Å². The Hall–Kier alpha value is -3.57. The van der Waals surface area contributed by atoms with Gasteiger partial charge >= 0.3 is 0 Å². The number of rotatable bonds is 9. The fourth-order valence-corrected chi connectivity index (χ4v) is 8.82. The fraction of sp³-hybridized carbons (Fsp3) is 0.378. The Labute approximate surface area is 284 Å². The molecular weight excluding hydrogens is 656 g/mol. The molecule has 4 atom stereocenters. The Bertz CT molecular complexity index is 1900. The zero-order valence-electron chi connectivity index (χ0n) is 26.3. The van der Waals surface area contributed by atoms with Gasteiger partial charge in [-0.15, -0.1) is 0 Å². The first-order valence-electron chi connectivity index (χ1n) is 16.5. The lowest BCUT2D eigenvalue weighted by Crippen LogP contribution is -2.60. The third-order valence-corrected chi connectivity index (χ3v) is 11.9. The lowest BCUT2D eigenvalue weighted by Gasteiger charge is -2.39. The summed E-state index contributed by atoms with van der Waals surface area (Å²) in [7, 11) is -4.58. The molecule has 11 heteroatoms. The Balaban J connectivity index is 1.18. The van der Waals surface area contributed by atoms with Crippen molar-refractivity contribution in [2.24, 2.45) is 17.6 Å². The van der Waals surface area contributed by atoms with Gasteiger partial charge in [0.1, 0.15) is 5.75 Å². The molecule has 4 aromatic rings. The Morgan fingerprint density at radius 2 is 1.44 bits per heavy atom. The standard InChI is InChI=1S/C37H38ClF2N3O4S/c38-30-15-9-24(10-16-30)23-7-13-29(14-8-23)37(39,40)35(36(44)43-21-27-5-6-28(22-43)34(27)41)42-48(45,46)33-18-12-25-19-32(17-11-26(25)20-33)47-31-3-1-2-4-31/h7-20,27-28,31,34-35,42H,1-6,21-22,41H2/t27-,28+,34-,35-/m0/s1. The van der Waals surface area contributed by atoms with E-state index in [2.05, 4.69) is 4.72 Å². The average molecular weight is 694 g/mol. The van der Waals surface area contributed by atoms with Gasteiger partial charge in [0, 0.05) is 29.7 Å². The summed E-state index contributed by atoms with van der Waals surface area (Å²) in [5, 5.41) is 1.90. The first-order chi connectivity index (χ1) is 23.0. The number of amides is 1. The van der Waals surface area contributed by atoms with Crippen molar-refractivity contribution in [3.63, 3.8) is 0 Å². The molecule has 0 unspecified atom stereocenters. The van der Waals surface area contributed by atoms with Crippen LogP contribution in [0.4, 0.5) is 8.78 Å². The first-order valence-corrected chi connectivity index (χ1v) is 18.4. The molecule has 252 valence electrons. The van der Waals surface area contributed by atoms with Gasteiger partial charge in [-0.25, -0.2) is 8.42 Å². The van der Waals surface area contributed by atoms with E-state index >= 15 is 8.78 Å². The van der Waals surface area contributed by atoms with Gasteiger partial charge in [0.15, 0.2) is 6.04 Å². The number of hydrogen-bond donors (Lipinski definition) is 2. The minimum Gasteiger partial charge on any atom is -0.490 e. The van der Waals surface area contributed by atoms with E-state index in [4.69, 9.17) is 22.1 Å². The highest BCUT2D eigenvalue weighted by Crippen LogP contribution is 2.39. The number of carbonyl (C=O) groups excluding carboxylic acids is 1. The maximum Gasteiger partial charge on any atom is 0.298 e. The van der Waals surface area contributed by atoms with Gasteiger partial charge < -0.3 is 15.4 Å². The molecule has 1 aliphatic heterocycles. The number of sulfonamides is 1. The number of piperidine rings is 1. The van der Waals surface area contributed by atoms with Crippen LogP contribution in [0.15, 0.2) is 89.8 Å². The van der Waals surface area contributed by atoms with Crippen LogP contribution in [-0.2, 0) is 20.7 Å². The molecule has 1 amide bonds. The second-order valence-corrected chi connectivity index (χ2v) is 15.5. The van der Waals surface area contributed by atoms with Crippen LogP contribution in [0.2, 0.25) is 5.02 Å². The third kappa shape index (κ3) is 6.55. The number of hydrogen-bond acceptors (Lipinski definition) is 5. The minimum atomic E-state index is -4.58. The van der Waals surface area contributed by atoms with Crippen molar-refractivity contribution in [1.29, 1.82) is 0 Å². The summed E-state index contributed by atoms with van der Waals surface area (Å²) in [5.74, 6) is -4.18. The van der Waals surface area contributed by atoms with Gasteiger partial charge in [0.05, 0.1) is 11.0 Å². The van der Waals surface area contributed by atoms with Crippen LogP contribution in [0, 0.1) is 11.8 Å². The molecule has 48 heavy (non-hydrogen) atoms. The molecular formula is C37H38ClF2N3O4S. The molecule has 1 saturated heterocycles. The summed E-state index contributed by atoms with van der Waals surface area (Å²) in [6, 6.07) is 19.8. The smallest absolute Gasteiger partial charge is 0.298 e. The number of ether oxygens (including phenoxy) is 1. The molecule has 4 aromatic carbocycles. The number of nitrogens with one attached hydrogen (secondary N) is 1. The van der Waals surface area contributed by atoms with Gasteiger partial charge in [0.2, 0.25) is 15.9 Å². The predicted octanol–water partition coefficient (Wildman–Crippen LogP) is 7.12. The first kappa shape index (κ1) is 33.0. The number of nitrogens with two attached hydrogens (primary N) is 1. The third-order valence-electron chi connectivity index (χ3n) is 10.2. The Morgan fingerprint density at radius 1 is 0.854 bits per heavy atom. The number of alkyl halides is 2. The van der Waals surface area contributed by atoms with E-state index in [1.165, 1.54) is 41.3 Å². The van der Waals surface area contributed by atoms with Gasteiger partial charge in [-0.05, 0) is 109 Å². The average Bonchev–Trinajstić information content (AvgIpc) is 3.65. The summed E-state index contributed by atoms with van der Waals surface area (Å²) in [6.07, 6.45) is 6.05. The van der Waals surface area contributed by atoms with E-state index < -0.39 is 33.5 Å². The quantitative estimate of drug-likeness (QED) is 0.195.